The van der Waals surface area contributed by atoms with E-state index in [9.17, 15) is 9.59 Å². The third kappa shape index (κ3) is 3.65. The van der Waals surface area contributed by atoms with Crippen LogP contribution in [-0.2, 0) is 11.3 Å². The lowest BCUT2D eigenvalue weighted by atomic mass is 9.90. The van der Waals surface area contributed by atoms with Gasteiger partial charge in [0.15, 0.2) is 0 Å². The number of nitrogens with one attached hydrogen (secondary N) is 1. The largest absolute Gasteiger partial charge is 0.351 e. The second kappa shape index (κ2) is 7.72. The van der Waals surface area contributed by atoms with Crippen LogP contribution in [0.5, 0.6) is 0 Å². The van der Waals surface area contributed by atoms with Crippen molar-refractivity contribution in [2.24, 2.45) is 11.3 Å². The predicted molar refractivity (Wildman–Crippen MR) is 115 cm³/mol. The van der Waals surface area contributed by atoms with Gasteiger partial charge in [0.1, 0.15) is 0 Å². The predicted octanol–water partition coefficient (Wildman–Crippen LogP) is 3.49. The van der Waals surface area contributed by atoms with Crippen molar-refractivity contribution in [3.8, 4) is 5.69 Å². The Kier molecular flexibility index (Phi) is 4.90. The van der Waals surface area contributed by atoms with Gasteiger partial charge in [-0.2, -0.15) is 5.10 Å². The van der Waals surface area contributed by atoms with Crippen molar-refractivity contribution in [1.29, 1.82) is 0 Å². The van der Waals surface area contributed by atoms with Crippen LogP contribution in [0, 0.1) is 11.3 Å². The van der Waals surface area contributed by atoms with Gasteiger partial charge in [0.2, 0.25) is 5.91 Å². The van der Waals surface area contributed by atoms with Crippen LogP contribution in [0.2, 0.25) is 0 Å². The molecule has 154 valence electrons. The summed E-state index contributed by atoms with van der Waals surface area (Å²) in [5.74, 6) is 0.311. The lowest BCUT2D eigenvalue weighted by Crippen LogP contribution is -2.40. The summed E-state index contributed by atoms with van der Waals surface area (Å²) in [4.78, 5) is 28.7. The number of thiophene rings is 1. The van der Waals surface area contributed by atoms with Gasteiger partial charge < -0.3 is 10.2 Å². The number of aromatic nitrogens is 2. The molecular formula is C23H24N4O2S. The summed E-state index contributed by atoms with van der Waals surface area (Å²) < 4.78 is 1.76. The van der Waals surface area contributed by atoms with E-state index < -0.39 is 0 Å². The first-order valence-electron chi connectivity index (χ1n) is 10.3. The van der Waals surface area contributed by atoms with E-state index in [4.69, 9.17) is 0 Å². The van der Waals surface area contributed by atoms with Crippen molar-refractivity contribution in [2.75, 3.05) is 13.1 Å². The van der Waals surface area contributed by atoms with Crippen LogP contribution in [0.15, 0.2) is 60.2 Å². The van der Waals surface area contributed by atoms with Crippen LogP contribution in [0.1, 0.15) is 34.5 Å². The quantitative estimate of drug-likeness (QED) is 0.687. The Balaban J connectivity index is 1.17. The molecular weight excluding hydrogens is 396 g/mol. The number of piperidine rings is 1. The third-order valence-electron chi connectivity index (χ3n) is 6.43. The number of carbonyl (C=O) groups is 2. The smallest absolute Gasteiger partial charge is 0.253 e. The highest BCUT2D eigenvalue weighted by Crippen LogP contribution is 2.59. The molecule has 1 saturated carbocycles. The number of hydrogen-bond acceptors (Lipinski definition) is 4. The van der Waals surface area contributed by atoms with Gasteiger partial charge in [0.05, 0.1) is 12.2 Å². The summed E-state index contributed by atoms with van der Waals surface area (Å²) in [5.41, 5.74) is 1.65. The number of hydrogen-bond donors (Lipinski definition) is 1. The van der Waals surface area contributed by atoms with Gasteiger partial charge in [-0.15, -0.1) is 11.3 Å². The average Bonchev–Trinajstić information content (AvgIpc) is 3.20. The Morgan fingerprint density at radius 1 is 1.17 bits per heavy atom. The number of nitrogens with zero attached hydrogens (tertiary/aromatic N) is 3. The van der Waals surface area contributed by atoms with Crippen LogP contribution in [0.4, 0.5) is 0 Å². The van der Waals surface area contributed by atoms with E-state index in [2.05, 4.69) is 10.4 Å². The first kappa shape index (κ1) is 19.1. The lowest BCUT2D eigenvalue weighted by Gasteiger charge is -2.33. The zero-order valence-electron chi connectivity index (χ0n) is 16.7. The second-order valence-electron chi connectivity index (χ2n) is 8.21. The molecule has 1 aromatic carbocycles. The zero-order chi connectivity index (χ0) is 20.6. The maximum Gasteiger partial charge on any atom is 0.253 e. The summed E-state index contributed by atoms with van der Waals surface area (Å²) in [6, 6.07) is 13.5. The molecule has 1 aliphatic carbocycles. The van der Waals surface area contributed by atoms with Crippen LogP contribution in [0.25, 0.3) is 5.69 Å². The van der Waals surface area contributed by atoms with Crippen molar-refractivity contribution in [1.82, 2.24) is 20.0 Å². The number of carbonyl (C=O) groups excluding carboxylic acids is 2. The molecule has 3 heterocycles. The fraction of sp³-hybridized carbons (Fsp3) is 0.348. The molecule has 2 aromatic heterocycles. The van der Waals surface area contributed by atoms with Gasteiger partial charge in [0, 0.05) is 41.8 Å². The molecule has 2 aliphatic rings. The van der Waals surface area contributed by atoms with E-state index in [0.717, 1.165) is 24.9 Å². The highest BCUT2D eigenvalue weighted by molar-refractivity contribution is 7.09. The molecule has 1 atom stereocenters. The topological polar surface area (TPSA) is 67.2 Å². The number of likely N-dealkylation sites (tertiary alicyclic amines) is 1. The molecule has 0 unspecified atom stereocenters. The number of rotatable bonds is 5. The molecule has 6 nitrogen and oxygen atoms in total. The summed E-state index contributed by atoms with van der Waals surface area (Å²) in [7, 11) is 0. The van der Waals surface area contributed by atoms with Crippen LogP contribution < -0.4 is 5.32 Å². The highest BCUT2D eigenvalue weighted by atomic mass is 32.1. The standard InChI is InChI=1S/C23H24N4O2S/c28-21(24-16-19-6-2-13-30-19)20-15-23(20)7-11-26(12-8-23)22(29)17-4-1-5-18(14-17)27-10-3-9-25-27/h1-6,9-10,13-14,20H,7-8,11-12,15-16H2,(H,24,28)/t20-/m0/s1. The maximum atomic E-state index is 13.0. The minimum atomic E-state index is 0.0539. The average molecular weight is 421 g/mol. The lowest BCUT2D eigenvalue weighted by molar-refractivity contribution is -0.123. The van der Waals surface area contributed by atoms with Crippen LogP contribution >= 0.6 is 11.3 Å². The highest BCUT2D eigenvalue weighted by Gasteiger charge is 2.58. The summed E-state index contributed by atoms with van der Waals surface area (Å²) in [5, 5.41) is 9.34. The Morgan fingerprint density at radius 3 is 2.77 bits per heavy atom. The number of benzene rings is 1. The molecule has 30 heavy (non-hydrogen) atoms. The molecule has 2 fully saturated rings. The van der Waals surface area contributed by atoms with E-state index in [-0.39, 0.29) is 23.1 Å². The Bertz CT molecular complexity index is 1040. The molecule has 7 heteroatoms. The third-order valence-corrected chi connectivity index (χ3v) is 7.31. The van der Waals surface area contributed by atoms with E-state index in [1.807, 2.05) is 58.9 Å². The van der Waals surface area contributed by atoms with Crippen molar-refractivity contribution >= 4 is 23.2 Å². The van der Waals surface area contributed by atoms with Gasteiger partial charge in [-0.05, 0) is 60.4 Å². The fourth-order valence-corrected chi connectivity index (χ4v) is 5.17. The van der Waals surface area contributed by atoms with E-state index in [1.165, 1.54) is 4.88 Å². The van der Waals surface area contributed by atoms with Crippen molar-refractivity contribution < 1.29 is 9.59 Å². The molecule has 1 aliphatic heterocycles. The summed E-state index contributed by atoms with van der Waals surface area (Å²) in [6.45, 7) is 2.03. The molecule has 0 bridgehead atoms. The minimum Gasteiger partial charge on any atom is -0.351 e. The van der Waals surface area contributed by atoms with Crippen LogP contribution in [-0.4, -0.2) is 39.6 Å². The van der Waals surface area contributed by atoms with Crippen molar-refractivity contribution in [3.05, 3.63) is 70.7 Å². The van der Waals surface area contributed by atoms with Crippen LogP contribution in [0.3, 0.4) is 0 Å². The zero-order valence-corrected chi connectivity index (χ0v) is 17.5. The SMILES string of the molecule is O=C(NCc1cccs1)[C@@H]1CC12CCN(C(=O)c1cccc(-n3cccn3)c1)CC2. The first-order chi connectivity index (χ1) is 14.6. The molecule has 1 N–H and O–H groups in total. The fourth-order valence-electron chi connectivity index (χ4n) is 4.52. The monoisotopic (exact) mass is 420 g/mol. The van der Waals surface area contributed by atoms with Gasteiger partial charge in [-0.25, -0.2) is 4.68 Å². The van der Waals surface area contributed by atoms with Gasteiger partial charge >= 0.3 is 0 Å². The Labute approximate surface area is 179 Å². The minimum absolute atomic E-state index is 0.0539. The van der Waals surface area contributed by atoms with Crippen molar-refractivity contribution in [3.63, 3.8) is 0 Å². The molecule has 1 saturated heterocycles. The van der Waals surface area contributed by atoms with Gasteiger partial charge in [-0.3, -0.25) is 9.59 Å². The Hall–Kier alpha value is -2.93. The van der Waals surface area contributed by atoms with Gasteiger partial charge in [-0.1, -0.05) is 12.1 Å². The molecule has 5 rings (SSSR count). The molecule has 0 radical (unpaired) electrons. The van der Waals surface area contributed by atoms with E-state index in [0.29, 0.717) is 25.2 Å². The van der Waals surface area contributed by atoms with Crippen molar-refractivity contribution in [2.45, 2.75) is 25.8 Å². The first-order valence-corrected chi connectivity index (χ1v) is 11.2. The number of amides is 2. The van der Waals surface area contributed by atoms with E-state index in [1.54, 1.807) is 22.2 Å². The summed E-state index contributed by atoms with van der Waals surface area (Å²) >= 11 is 1.66. The normalized spacial score (nSPS) is 19.6. The molecule has 1 spiro atoms. The van der Waals surface area contributed by atoms with Gasteiger partial charge in [0.25, 0.3) is 5.91 Å². The Morgan fingerprint density at radius 2 is 2.03 bits per heavy atom. The molecule has 3 aromatic rings. The summed E-state index contributed by atoms with van der Waals surface area (Å²) in [6.07, 6.45) is 6.33. The van der Waals surface area contributed by atoms with E-state index >= 15 is 0 Å². The maximum absolute atomic E-state index is 13.0. The molecule has 2 amide bonds. The second-order valence-corrected chi connectivity index (χ2v) is 9.24.